The van der Waals surface area contributed by atoms with E-state index >= 15 is 0 Å². The molecule has 1 aliphatic carbocycles. The number of Topliss-reactive ketones (excluding diaryl/α,β-unsaturated/α-hetero) is 1. The quantitative estimate of drug-likeness (QED) is 0.413. The number of nitrogens with zero attached hydrogens (tertiary/aromatic N) is 4. The lowest BCUT2D eigenvalue weighted by molar-refractivity contribution is 0.0955. The van der Waals surface area contributed by atoms with E-state index in [0.29, 0.717) is 47.2 Å². The van der Waals surface area contributed by atoms with Crippen LogP contribution in [0.4, 0.5) is 0 Å². The third kappa shape index (κ3) is 3.73. The minimum absolute atomic E-state index is 0.0451. The third-order valence-electron chi connectivity index (χ3n) is 6.50. The van der Waals surface area contributed by atoms with Crippen molar-refractivity contribution in [1.82, 2.24) is 19.8 Å². The van der Waals surface area contributed by atoms with Gasteiger partial charge in [-0.2, -0.15) is 5.10 Å². The molecule has 2 aromatic heterocycles. The number of hydrogen-bond donors (Lipinski definition) is 0. The normalized spacial score (nSPS) is 15.1. The van der Waals surface area contributed by atoms with Crippen molar-refractivity contribution in [2.75, 3.05) is 28.4 Å². The van der Waals surface area contributed by atoms with Crippen LogP contribution in [0, 0.1) is 6.92 Å². The summed E-state index contributed by atoms with van der Waals surface area (Å²) >= 11 is 0. The van der Waals surface area contributed by atoms with Crippen molar-refractivity contribution in [2.45, 2.75) is 25.7 Å². The van der Waals surface area contributed by atoms with E-state index in [-0.39, 0.29) is 11.7 Å². The smallest absolute Gasteiger partial charge is 0.185 e. The van der Waals surface area contributed by atoms with E-state index in [2.05, 4.69) is 10.2 Å². The predicted molar refractivity (Wildman–Crippen MR) is 129 cm³/mol. The highest BCUT2D eigenvalue weighted by Gasteiger charge is 2.32. The molecule has 0 radical (unpaired) electrons. The lowest BCUT2D eigenvalue weighted by Gasteiger charge is -2.24. The maximum absolute atomic E-state index is 13.1. The number of ether oxygens (including phenoxy) is 4. The van der Waals surface area contributed by atoms with E-state index in [1.807, 2.05) is 43.3 Å². The molecule has 0 aliphatic heterocycles. The van der Waals surface area contributed by atoms with Gasteiger partial charge in [-0.1, -0.05) is 12.1 Å². The molecule has 0 saturated carbocycles. The van der Waals surface area contributed by atoms with E-state index in [1.54, 1.807) is 33.0 Å². The number of rotatable bonds is 6. The fourth-order valence-electron chi connectivity index (χ4n) is 4.75. The molecule has 2 heterocycles. The molecule has 4 aromatic rings. The second-order valence-corrected chi connectivity index (χ2v) is 8.40. The minimum atomic E-state index is -0.0544. The van der Waals surface area contributed by atoms with Gasteiger partial charge >= 0.3 is 0 Å². The van der Waals surface area contributed by atoms with E-state index in [9.17, 15) is 4.79 Å². The van der Waals surface area contributed by atoms with Crippen LogP contribution in [0.5, 0.6) is 23.0 Å². The van der Waals surface area contributed by atoms with E-state index < -0.39 is 0 Å². The molecule has 0 unspecified atom stereocenters. The molecule has 0 amide bonds. The van der Waals surface area contributed by atoms with Crippen LogP contribution in [0.25, 0.3) is 16.8 Å². The lowest BCUT2D eigenvalue weighted by Crippen LogP contribution is -2.24. The van der Waals surface area contributed by atoms with E-state index in [1.165, 1.54) is 0 Å². The zero-order valence-electron chi connectivity index (χ0n) is 20.3. The minimum Gasteiger partial charge on any atom is -0.493 e. The Morgan fingerprint density at radius 2 is 1.49 bits per heavy atom. The first-order valence-corrected chi connectivity index (χ1v) is 11.2. The van der Waals surface area contributed by atoms with Crippen LogP contribution in [0.2, 0.25) is 0 Å². The molecule has 1 atom stereocenters. The topological polar surface area (TPSA) is 97.1 Å². The summed E-state index contributed by atoms with van der Waals surface area (Å²) in [4.78, 5) is 13.1. The maximum atomic E-state index is 13.1. The number of benzene rings is 2. The molecule has 35 heavy (non-hydrogen) atoms. The van der Waals surface area contributed by atoms with Gasteiger partial charge in [0, 0.05) is 6.42 Å². The van der Waals surface area contributed by atoms with Gasteiger partial charge in [-0.15, -0.1) is 10.2 Å². The first kappa shape index (κ1) is 22.6. The van der Waals surface area contributed by atoms with Crippen molar-refractivity contribution >= 4 is 11.4 Å². The van der Waals surface area contributed by atoms with Crippen LogP contribution in [-0.4, -0.2) is 54.0 Å². The summed E-state index contributed by atoms with van der Waals surface area (Å²) in [5, 5.41) is 13.5. The van der Waals surface area contributed by atoms with Crippen molar-refractivity contribution < 1.29 is 23.7 Å². The van der Waals surface area contributed by atoms with E-state index in [0.717, 1.165) is 28.1 Å². The van der Waals surface area contributed by atoms with Crippen LogP contribution in [0.15, 0.2) is 36.4 Å². The average molecular weight is 475 g/mol. The Labute approximate surface area is 202 Å². The number of aryl methyl sites for hydroxylation is 1. The van der Waals surface area contributed by atoms with Crippen LogP contribution in [0.3, 0.4) is 0 Å². The fourth-order valence-corrected chi connectivity index (χ4v) is 4.75. The monoisotopic (exact) mass is 474 g/mol. The van der Waals surface area contributed by atoms with Crippen molar-refractivity contribution in [3.63, 3.8) is 0 Å². The molecule has 0 N–H and O–H groups in total. The molecule has 0 fully saturated rings. The number of hydrogen-bond acceptors (Lipinski definition) is 8. The highest BCUT2D eigenvalue weighted by molar-refractivity contribution is 5.97. The Kier molecular flexibility index (Phi) is 5.76. The summed E-state index contributed by atoms with van der Waals surface area (Å²) in [6.07, 6.45) is 0.931. The summed E-state index contributed by atoms with van der Waals surface area (Å²) in [6, 6.07) is 11.4. The molecule has 0 saturated heterocycles. The van der Waals surface area contributed by atoms with Gasteiger partial charge in [-0.3, -0.25) is 4.79 Å². The van der Waals surface area contributed by atoms with Gasteiger partial charge in [0.15, 0.2) is 40.1 Å². The predicted octanol–water partition coefficient (Wildman–Crippen LogP) is 4.05. The Bertz CT molecular complexity index is 1450. The zero-order valence-corrected chi connectivity index (χ0v) is 20.3. The number of ketones is 1. The van der Waals surface area contributed by atoms with Gasteiger partial charge in [-0.05, 0) is 54.7 Å². The van der Waals surface area contributed by atoms with Crippen LogP contribution in [0.1, 0.15) is 39.8 Å². The molecule has 9 heteroatoms. The number of carbonyl (C=O) groups excluding carboxylic acids is 1. The summed E-state index contributed by atoms with van der Waals surface area (Å²) in [5.74, 6) is 2.43. The summed E-state index contributed by atoms with van der Waals surface area (Å²) < 4.78 is 23.4. The second kappa shape index (κ2) is 8.90. The van der Waals surface area contributed by atoms with Crippen molar-refractivity contribution in [2.24, 2.45) is 0 Å². The molecule has 9 nitrogen and oxygen atoms in total. The Hall–Kier alpha value is -4.14. The van der Waals surface area contributed by atoms with E-state index in [4.69, 9.17) is 24.0 Å². The molecular weight excluding hydrogens is 448 g/mol. The Balaban J connectivity index is 1.61. The average Bonchev–Trinajstić information content (AvgIpc) is 3.23. The Morgan fingerprint density at radius 3 is 2.17 bits per heavy atom. The SMILES string of the molecule is COc1ccc(-c2c(C)nn3c4c(nnc23)C(=O)C[C@@H](c2ccc(OC)c(OC)c2)C4)cc1OC. The van der Waals surface area contributed by atoms with Crippen molar-refractivity contribution in [3.05, 3.63) is 59.0 Å². The first-order valence-electron chi connectivity index (χ1n) is 11.2. The lowest BCUT2D eigenvalue weighted by atomic mass is 9.83. The highest BCUT2D eigenvalue weighted by Crippen LogP contribution is 2.39. The number of carbonyl (C=O) groups is 1. The van der Waals surface area contributed by atoms with Crippen LogP contribution >= 0.6 is 0 Å². The summed E-state index contributed by atoms with van der Waals surface area (Å²) in [5.41, 5.74) is 5.20. The molecule has 1 aliphatic rings. The Morgan fingerprint density at radius 1 is 0.829 bits per heavy atom. The second-order valence-electron chi connectivity index (χ2n) is 8.40. The van der Waals surface area contributed by atoms with Crippen LogP contribution in [-0.2, 0) is 6.42 Å². The number of aromatic nitrogens is 4. The number of fused-ring (bicyclic) bond motifs is 3. The highest BCUT2D eigenvalue weighted by atomic mass is 16.5. The molecular formula is C26H26N4O5. The van der Waals surface area contributed by atoms with Crippen LogP contribution < -0.4 is 18.9 Å². The summed E-state index contributed by atoms with van der Waals surface area (Å²) in [7, 11) is 6.40. The van der Waals surface area contributed by atoms with Gasteiger partial charge in [0.25, 0.3) is 0 Å². The fraction of sp³-hybridized carbons (Fsp3) is 0.308. The van der Waals surface area contributed by atoms with Crippen molar-refractivity contribution in [3.8, 4) is 34.1 Å². The molecule has 2 aromatic carbocycles. The first-order chi connectivity index (χ1) is 17.0. The van der Waals surface area contributed by atoms with Gasteiger partial charge in [0.05, 0.1) is 45.4 Å². The number of methoxy groups -OCH3 is 4. The van der Waals surface area contributed by atoms with Gasteiger partial charge < -0.3 is 18.9 Å². The van der Waals surface area contributed by atoms with Gasteiger partial charge in [-0.25, -0.2) is 4.52 Å². The zero-order chi connectivity index (χ0) is 24.7. The third-order valence-corrected chi connectivity index (χ3v) is 6.50. The largest absolute Gasteiger partial charge is 0.493 e. The standard InChI is InChI=1S/C26H26N4O5/c1-14-24(16-7-9-21(33-3)23(13-16)35-5)26-28-27-25-18(30(26)29-14)10-17(11-19(25)31)15-6-8-20(32-2)22(12-15)34-4/h6-9,12-13,17H,10-11H2,1-5H3/t17-/m0/s1. The van der Waals surface area contributed by atoms with Gasteiger partial charge in [0.1, 0.15) is 0 Å². The maximum Gasteiger partial charge on any atom is 0.185 e. The molecule has 5 rings (SSSR count). The van der Waals surface area contributed by atoms with Gasteiger partial charge in [0.2, 0.25) is 0 Å². The molecule has 180 valence electrons. The van der Waals surface area contributed by atoms with Crippen molar-refractivity contribution in [1.29, 1.82) is 0 Å². The molecule has 0 bridgehead atoms. The molecule has 0 spiro atoms. The summed E-state index contributed by atoms with van der Waals surface area (Å²) in [6.45, 7) is 1.92.